The zero-order valence-electron chi connectivity index (χ0n) is 18.3. The third-order valence-corrected chi connectivity index (χ3v) is 8.08. The second kappa shape index (κ2) is 9.01. The van der Waals surface area contributed by atoms with Crippen LogP contribution in [0.5, 0.6) is 0 Å². The topological polar surface area (TPSA) is 82.6 Å². The lowest BCUT2D eigenvalue weighted by molar-refractivity contribution is 0.102. The van der Waals surface area contributed by atoms with Crippen LogP contribution in [0.2, 0.25) is 0 Å². The number of thiazole rings is 1. The summed E-state index contributed by atoms with van der Waals surface area (Å²) in [5.74, 6) is -0.368. The standard InChI is InChI=1S/C23H26N4O3S2/c1-16-6-8-17(9-7-16)20-15-31-23(24-20)25-22(28)19-14-18(32(29,30)26(2)3)10-11-21(19)27-12-4-5-13-27/h6-11,14-15H,4-5,12-13H2,1-3H3,(H,24,25,28). The molecule has 1 N–H and O–H groups in total. The Morgan fingerprint density at radius 2 is 1.78 bits per heavy atom. The van der Waals surface area contributed by atoms with Gasteiger partial charge in [0.2, 0.25) is 10.0 Å². The molecule has 1 amide bonds. The van der Waals surface area contributed by atoms with Gasteiger partial charge < -0.3 is 4.90 Å². The highest BCUT2D eigenvalue weighted by Gasteiger charge is 2.25. The first-order chi connectivity index (χ1) is 15.3. The van der Waals surface area contributed by atoms with Crippen LogP contribution in [0.25, 0.3) is 11.3 Å². The van der Waals surface area contributed by atoms with Gasteiger partial charge in [-0.05, 0) is 38.0 Å². The molecule has 0 bridgehead atoms. The van der Waals surface area contributed by atoms with Gasteiger partial charge in [0.15, 0.2) is 5.13 Å². The van der Waals surface area contributed by atoms with Crippen LogP contribution < -0.4 is 10.2 Å². The molecule has 168 valence electrons. The molecule has 0 radical (unpaired) electrons. The molecule has 1 aliphatic rings. The fourth-order valence-corrected chi connectivity index (χ4v) is 5.30. The minimum absolute atomic E-state index is 0.0927. The molecule has 7 nitrogen and oxygen atoms in total. The Morgan fingerprint density at radius 1 is 1.09 bits per heavy atom. The van der Waals surface area contributed by atoms with Gasteiger partial charge in [0.1, 0.15) is 0 Å². The fourth-order valence-electron chi connectivity index (χ4n) is 3.65. The van der Waals surface area contributed by atoms with Crippen molar-refractivity contribution in [3.05, 3.63) is 59.0 Å². The Morgan fingerprint density at radius 3 is 2.44 bits per heavy atom. The summed E-state index contributed by atoms with van der Waals surface area (Å²) in [6, 6.07) is 12.8. The lowest BCUT2D eigenvalue weighted by Crippen LogP contribution is -2.25. The first kappa shape index (κ1) is 22.4. The van der Waals surface area contributed by atoms with E-state index in [4.69, 9.17) is 0 Å². The summed E-state index contributed by atoms with van der Waals surface area (Å²) in [6.45, 7) is 3.71. The van der Waals surface area contributed by atoms with E-state index in [1.165, 1.54) is 37.1 Å². The van der Waals surface area contributed by atoms with Crippen LogP contribution in [-0.4, -0.2) is 50.8 Å². The minimum atomic E-state index is -3.66. The van der Waals surface area contributed by atoms with E-state index in [0.29, 0.717) is 10.7 Å². The Balaban J connectivity index is 1.65. The van der Waals surface area contributed by atoms with Gasteiger partial charge in [-0.1, -0.05) is 29.8 Å². The number of aryl methyl sites for hydroxylation is 1. The van der Waals surface area contributed by atoms with E-state index in [1.54, 1.807) is 12.1 Å². The second-order valence-electron chi connectivity index (χ2n) is 8.02. The second-order valence-corrected chi connectivity index (χ2v) is 11.0. The van der Waals surface area contributed by atoms with Crippen molar-refractivity contribution in [3.63, 3.8) is 0 Å². The third kappa shape index (κ3) is 4.55. The first-order valence-corrected chi connectivity index (χ1v) is 12.7. The molecule has 1 saturated heterocycles. The van der Waals surface area contributed by atoms with Crippen LogP contribution in [0, 0.1) is 6.92 Å². The van der Waals surface area contributed by atoms with Gasteiger partial charge in [-0.15, -0.1) is 11.3 Å². The number of hydrogen-bond acceptors (Lipinski definition) is 6. The average molecular weight is 471 g/mol. The van der Waals surface area contributed by atoms with Crippen molar-refractivity contribution in [2.75, 3.05) is 37.4 Å². The number of benzene rings is 2. The molecule has 32 heavy (non-hydrogen) atoms. The maximum Gasteiger partial charge on any atom is 0.259 e. The van der Waals surface area contributed by atoms with Gasteiger partial charge in [0, 0.05) is 43.8 Å². The summed E-state index contributed by atoms with van der Waals surface area (Å²) in [6.07, 6.45) is 2.09. The highest BCUT2D eigenvalue weighted by molar-refractivity contribution is 7.89. The zero-order valence-corrected chi connectivity index (χ0v) is 20.0. The first-order valence-electron chi connectivity index (χ1n) is 10.4. The Bertz CT molecular complexity index is 1230. The molecule has 2 heterocycles. The molecule has 0 saturated carbocycles. The number of rotatable bonds is 6. The number of sulfonamides is 1. The highest BCUT2D eigenvalue weighted by Crippen LogP contribution is 2.30. The van der Waals surface area contributed by atoms with Gasteiger partial charge >= 0.3 is 0 Å². The Hall–Kier alpha value is -2.75. The van der Waals surface area contributed by atoms with Crippen molar-refractivity contribution >= 4 is 38.1 Å². The van der Waals surface area contributed by atoms with Crippen LogP contribution >= 0.6 is 11.3 Å². The molecule has 1 aromatic heterocycles. The van der Waals surface area contributed by atoms with Crippen molar-refractivity contribution in [3.8, 4) is 11.3 Å². The molecule has 1 fully saturated rings. The molecule has 0 spiro atoms. The lowest BCUT2D eigenvalue weighted by Gasteiger charge is -2.22. The quantitative estimate of drug-likeness (QED) is 0.583. The monoisotopic (exact) mass is 470 g/mol. The van der Waals surface area contributed by atoms with Gasteiger partial charge in [-0.2, -0.15) is 0 Å². The summed E-state index contributed by atoms with van der Waals surface area (Å²) in [5.41, 5.74) is 4.01. The fraction of sp³-hybridized carbons (Fsp3) is 0.304. The van der Waals surface area contributed by atoms with Gasteiger partial charge in [0.05, 0.1) is 16.2 Å². The number of carbonyl (C=O) groups excluding carboxylic acids is 1. The number of hydrogen-bond donors (Lipinski definition) is 1. The molecular formula is C23H26N4O3S2. The van der Waals surface area contributed by atoms with E-state index in [0.717, 1.165) is 47.2 Å². The van der Waals surface area contributed by atoms with E-state index in [9.17, 15) is 13.2 Å². The summed E-state index contributed by atoms with van der Waals surface area (Å²) in [5, 5.41) is 5.23. The minimum Gasteiger partial charge on any atom is -0.371 e. The SMILES string of the molecule is Cc1ccc(-c2csc(NC(=O)c3cc(S(=O)(=O)N(C)C)ccc3N3CCCC3)n2)cc1. The van der Waals surface area contributed by atoms with Crippen LogP contribution in [0.4, 0.5) is 10.8 Å². The summed E-state index contributed by atoms with van der Waals surface area (Å²) in [7, 11) is -0.704. The van der Waals surface area contributed by atoms with E-state index in [2.05, 4.69) is 15.2 Å². The molecule has 9 heteroatoms. The van der Waals surface area contributed by atoms with E-state index in [1.807, 2.05) is 36.6 Å². The number of nitrogens with one attached hydrogen (secondary N) is 1. The molecule has 3 aromatic rings. The maximum atomic E-state index is 13.3. The number of carbonyl (C=O) groups is 1. The molecular weight excluding hydrogens is 444 g/mol. The predicted molar refractivity (Wildman–Crippen MR) is 129 cm³/mol. The predicted octanol–water partition coefficient (Wildman–Crippen LogP) is 4.22. The van der Waals surface area contributed by atoms with Crippen LogP contribution in [0.3, 0.4) is 0 Å². The maximum absolute atomic E-state index is 13.3. The highest BCUT2D eigenvalue weighted by atomic mass is 32.2. The molecule has 0 unspecified atom stereocenters. The Kier molecular flexibility index (Phi) is 6.32. The van der Waals surface area contributed by atoms with Crippen molar-refractivity contribution < 1.29 is 13.2 Å². The van der Waals surface area contributed by atoms with Crippen molar-refractivity contribution in [2.24, 2.45) is 0 Å². The van der Waals surface area contributed by atoms with Crippen LogP contribution in [0.1, 0.15) is 28.8 Å². The van der Waals surface area contributed by atoms with Crippen molar-refractivity contribution in [1.29, 1.82) is 0 Å². The number of amides is 1. The molecule has 0 aliphatic carbocycles. The van der Waals surface area contributed by atoms with Gasteiger partial charge in [-0.25, -0.2) is 17.7 Å². The van der Waals surface area contributed by atoms with Crippen molar-refractivity contribution in [2.45, 2.75) is 24.7 Å². The van der Waals surface area contributed by atoms with E-state index in [-0.39, 0.29) is 10.8 Å². The van der Waals surface area contributed by atoms with E-state index < -0.39 is 10.0 Å². The summed E-state index contributed by atoms with van der Waals surface area (Å²) >= 11 is 1.34. The molecule has 4 rings (SSSR count). The van der Waals surface area contributed by atoms with Crippen molar-refractivity contribution in [1.82, 2.24) is 9.29 Å². The average Bonchev–Trinajstić information content (AvgIpc) is 3.46. The normalized spacial score (nSPS) is 14.2. The summed E-state index contributed by atoms with van der Waals surface area (Å²) < 4.78 is 26.5. The molecule has 0 atom stereocenters. The lowest BCUT2D eigenvalue weighted by atomic mass is 10.1. The Labute approximate surface area is 192 Å². The van der Waals surface area contributed by atoms with Gasteiger partial charge in [-0.3, -0.25) is 10.1 Å². The summed E-state index contributed by atoms with van der Waals surface area (Å²) in [4.78, 5) is 20.0. The number of aromatic nitrogens is 1. The molecule has 1 aliphatic heterocycles. The van der Waals surface area contributed by atoms with E-state index >= 15 is 0 Å². The zero-order chi connectivity index (χ0) is 22.9. The van der Waals surface area contributed by atoms with Crippen LogP contribution in [-0.2, 0) is 10.0 Å². The smallest absolute Gasteiger partial charge is 0.259 e. The van der Waals surface area contributed by atoms with Gasteiger partial charge in [0.25, 0.3) is 5.91 Å². The third-order valence-electron chi connectivity index (χ3n) is 5.51. The number of nitrogens with zero attached hydrogens (tertiary/aromatic N) is 3. The number of anilines is 2. The largest absolute Gasteiger partial charge is 0.371 e. The van der Waals surface area contributed by atoms with Crippen LogP contribution in [0.15, 0.2) is 52.7 Å². The molecule has 2 aromatic carbocycles.